The Bertz CT molecular complexity index is 857. The number of carboxylic acid groups (broad SMARTS) is 1. The highest BCUT2D eigenvalue weighted by molar-refractivity contribution is 7.12. The van der Waals surface area contributed by atoms with Crippen molar-refractivity contribution in [2.24, 2.45) is 0 Å². The number of aromatic carboxylic acids is 1. The van der Waals surface area contributed by atoms with Crippen LogP contribution in [-0.2, 0) is 12.8 Å². The molecule has 0 spiro atoms. The Hall–Kier alpha value is -2.18. The predicted octanol–water partition coefficient (Wildman–Crippen LogP) is 3.77. The average Bonchev–Trinajstić information content (AvgIpc) is 3.11. The number of carboxylic acids is 1. The summed E-state index contributed by atoms with van der Waals surface area (Å²) >= 11 is 7.43. The summed E-state index contributed by atoms with van der Waals surface area (Å²) in [5.41, 5.74) is 2.89. The molecule has 0 atom stereocenters. The van der Waals surface area contributed by atoms with Gasteiger partial charge in [0.05, 0.1) is 17.6 Å². The first-order valence-corrected chi connectivity index (χ1v) is 8.27. The third kappa shape index (κ3) is 3.43. The summed E-state index contributed by atoms with van der Waals surface area (Å²) in [6.07, 6.45) is 3.00. The van der Waals surface area contributed by atoms with Crippen molar-refractivity contribution in [3.05, 3.63) is 63.4 Å². The SMILES string of the molecule is Cc1c(C(=O)O)cnn1-c1nc(CCc2cccc(Cl)c2)cs1. The molecule has 0 aliphatic heterocycles. The number of hydrogen-bond donors (Lipinski definition) is 1. The molecule has 0 saturated heterocycles. The summed E-state index contributed by atoms with van der Waals surface area (Å²) in [7, 11) is 0. The van der Waals surface area contributed by atoms with Crippen LogP contribution < -0.4 is 0 Å². The molecule has 1 N–H and O–H groups in total. The van der Waals surface area contributed by atoms with E-state index in [0.29, 0.717) is 10.8 Å². The van der Waals surface area contributed by atoms with Crippen molar-refractivity contribution in [2.45, 2.75) is 19.8 Å². The fourth-order valence-electron chi connectivity index (χ4n) is 2.29. The summed E-state index contributed by atoms with van der Waals surface area (Å²) in [6.45, 7) is 1.73. The van der Waals surface area contributed by atoms with Crippen LogP contribution in [0.2, 0.25) is 5.02 Å². The normalized spacial score (nSPS) is 10.9. The second-order valence-corrected chi connectivity index (χ2v) is 6.38. The van der Waals surface area contributed by atoms with Crippen molar-refractivity contribution in [1.82, 2.24) is 14.8 Å². The molecule has 0 bridgehead atoms. The Morgan fingerprint density at radius 3 is 2.91 bits per heavy atom. The minimum absolute atomic E-state index is 0.195. The van der Waals surface area contributed by atoms with E-state index in [4.69, 9.17) is 16.7 Å². The zero-order valence-corrected chi connectivity index (χ0v) is 13.9. The topological polar surface area (TPSA) is 68.0 Å². The van der Waals surface area contributed by atoms with Crippen molar-refractivity contribution >= 4 is 28.9 Å². The van der Waals surface area contributed by atoms with Crippen LogP contribution in [0.4, 0.5) is 0 Å². The van der Waals surface area contributed by atoms with E-state index in [0.717, 1.165) is 29.1 Å². The van der Waals surface area contributed by atoms with Crippen molar-refractivity contribution in [3.8, 4) is 5.13 Å². The maximum atomic E-state index is 11.1. The first-order valence-electron chi connectivity index (χ1n) is 7.01. The van der Waals surface area contributed by atoms with Gasteiger partial charge in [-0.1, -0.05) is 23.7 Å². The smallest absolute Gasteiger partial charge is 0.339 e. The Morgan fingerprint density at radius 2 is 2.22 bits per heavy atom. The lowest BCUT2D eigenvalue weighted by Crippen LogP contribution is -2.02. The third-order valence-corrected chi connectivity index (χ3v) is 4.62. The molecule has 1 aromatic carbocycles. The predicted molar refractivity (Wildman–Crippen MR) is 89.8 cm³/mol. The van der Waals surface area contributed by atoms with Gasteiger partial charge in [-0.2, -0.15) is 5.10 Å². The number of halogens is 1. The Labute approximate surface area is 142 Å². The number of hydrogen-bond acceptors (Lipinski definition) is 4. The van der Waals surface area contributed by atoms with Gasteiger partial charge in [0, 0.05) is 10.4 Å². The van der Waals surface area contributed by atoms with Gasteiger partial charge in [0.1, 0.15) is 5.56 Å². The molecule has 0 unspecified atom stereocenters. The van der Waals surface area contributed by atoms with E-state index in [1.165, 1.54) is 17.5 Å². The fraction of sp³-hybridized carbons (Fsp3) is 0.188. The van der Waals surface area contributed by atoms with E-state index < -0.39 is 5.97 Å². The lowest BCUT2D eigenvalue weighted by atomic mass is 10.1. The van der Waals surface area contributed by atoms with Crippen LogP contribution in [0, 0.1) is 6.92 Å². The molecular formula is C16H14ClN3O2S. The van der Waals surface area contributed by atoms with Crippen LogP contribution in [0.1, 0.15) is 27.3 Å². The number of benzene rings is 1. The molecule has 7 heteroatoms. The summed E-state index contributed by atoms with van der Waals surface area (Å²) in [6, 6.07) is 7.78. The molecule has 23 heavy (non-hydrogen) atoms. The molecule has 0 aliphatic carbocycles. The van der Waals surface area contributed by atoms with Gasteiger partial charge in [-0.3, -0.25) is 0 Å². The largest absolute Gasteiger partial charge is 0.478 e. The minimum atomic E-state index is -0.980. The minimum Gasteiger partial charge on any atom is -0.478 e. The monoisotopic (exact) mass is 347 g/mol. The standard InChI is InChI=1S/C16H14ClN3O2S/c1-10-14(15(21)22)8-18-20(10)16-19-13(9-23-16)6-5-11-3-2-4-12(17)7-11/h2-4,7-9H,5-6H2,1H3,(H,21,22). The van der Waals surface area contributed by atoms with E-state index in [9.17, 15) is 4.79 Å². The van der Waals surface area contributed by atoms with E-state index in [-0.39, 0.29) is 5.56 Å². The van der Waals surface area contributed by atoms with Crippen LogP contribution in [0.3, 0.4) is 0 Å². The highest BCUT2D eigenvalue weighted by Gasteiger charge is 2.15. The van der Waals surface area contributed by atoms with Crippen molar-refractivity contribution < 1.29 is 9.90 Å². The summed E-state index contributed by atoms with van der Waals surface area (Å²) in [4.78, 5) is 15.6. The van der Waals surface area contributed by atoms with Crippen molar-refractivity contribution in [2.75, 3.05) is 0 Å². The van der Waals surface area contributed by atoms with Crippen molar-refractivity contribution in [3.63, 3.8) is 0 Å². The van der Waals surface area contributed by atoms with E-state index in [2.05, 4.69) is 10.1 Å². The Morgan fingerprint density at radius 1 is 1.39 bits per heavy atom. The van der Waals surface area contributed by atoms with Crippen molar-refractivity contribution in [1.29, 1.82) is 0 Å². The maximum Gasteiger partial charge on any atom is 0.339 e. The van der Waals surface area contributed by atoms with Gasteiger partial charge in [-0.25, -0.2) is 14.5 Å². The maximum absolute atomic E-state index is 11.1. The van der Waals surface area contributed by atoms with Crippen LogP contribution in [-0.4, -0.2) is 25.8 Å². The van der Waals surface area contributed by atoms with Gasteiger partial charge in [0.25, 0.3) is 0 Å². The molecule has 0 aliphatic rings. The van der Waals surface area contributed by atoms with Gasteiger partial charge in [0.15, 0.2) is 0 Å². The van der Waals surface area contributed by atoms with E-state index in [1.54, 1.807) is 11.6 Å². The van der Waals surface area contributed by atoms with Gasteiger partial charge >= 0.3 is 5.97 Å². The molecular weight excluding hydrogens is 334 g/mol. The van der Waals surface area contributed by atoms with E-state index in [1.807, 2.05) is 29.6 Å². The van der Waals surface area contributed by atoms with Crippen LogP contribution in [0.25, 0.3) is 5.13 Å². The summed E-state index contributed by atoms with van der Waals surface area (Å²) in [5, 5.41) is 16.6. The number of thiazole rings is 1. The number of carbonyl (C=O) groups is 1. The first kappa shape index (κ1) is 15.7. The van der Waals surface area contributed by atoms with Crippen LogP contribution >= 0.6 is 22.9 Å². The first-order chi connectivity index (χ1) is 11.0. The molecule has 0 amide bonds. The Kier molecular flexibility index (Phi) is 4.45. The lowest BCUT2D eigenvalue weighted by Gasteiger charge is -2.01. The number of aryl methyl sites for hydroxylation is 2. The van der Waals surface area contributed by atoms with Gasteiger partial charge in [-0.15, -0.1) is 11.3 Å². The fourth-order valence-corrected chi connectivity index (χ4v) is 3.36. The molecule has 3 rings (SSSR count). The molecule has 0 radical (unpaired) electrons. The highest BCUT2D eigenvalue weighted by Crippen LogP contribution is 2.20. The number of aromatic nitrogens is 3. The summed E-state index contributed by atoms with van der Waals surface area (Å²) in [5.74, 6) is -0.980. The lowest BCUT2D eigenvalue weighted by molar-refractivity contribution is 0.0696. The molecule has 5 nitrogen and oxygen atoms in total. The quantitative estimate of drug-likeness (QED) is 0.762. The second kappa shape index (κ2) is 6.52. The van der Waals surface area contributed by atoms with Crippen LogP contribution in [0.5, 0.6) is 0 Å². The number of rotatable bonds is 5. The molecule has 0 saturated carbocycles. The molecule has 2 heterocycles. The van der Waals surface area contributed by atoms with Gasteiger partial charge < -0.3 is 5.11 Å². The van der Waals surface area contributed by atoms with Gasteiger partial charge in [-0.05, 0) is 37.5 Å². The summed E-state index contributed by atoms with van der Waals surface area (Å²) < 4.78 is 1.57. The van der Waals surface area contributed by atoms with Crippen LogP contribution in [0.15, 0.2) is 35.8 Å². The molecule has 118 valence electrons. The second-order valence-electron chi connectivity index (χ2n) is 5.11. The Balaban J connectivity index is 1.74. The number of nitrogens with zero attached hydrogens (tertiary/aromatic N) is 3. The third-order valence-electron chi connectivity index (χ3n) is 3.52. The molecule has 3 aromatic rings. The highest BCUT2D eigenvalue weighted by atomic mass is 35.5. The van der Waals surface area contributed by atoms with Gasteiger partial charge in [0.2, 0.25) is 5.13 Å². The zero-order chi connectivity index (χ0) is 16.4. The van der Waals surface area contributed by atoms with E-state index >= 15 is 0 Å². The molecule has 2 aromatic heterocycles. The average molecular weight is 348 g/mol. The molecule has 0 fully saturated rings. The zero-order valence-electron chi connectivity index (χ0n) is 12.4.